The molecule has 37 heavy (non-hydrogen) atoms. The first-order chi connectivity index (χ1) is 17.6. The fraction of sp³-hybridized carbons (Fsp3) is 0.379. The van der Waals surface area contributed by atoms with Crippen LogP contribution in [0.15, 0.2) is 66.7 Å². The van der Waals surface area contributed by atoms with Gasteiger partial charge < -0.3 is 10.2 Å². The SMILES string of the molecule is Cc1ccc(CN(C(=O)CN(c2cccc3ccccc23)S(C)(=O)=O)C(C)C(=O)NC2CCCC2)cc1. The molecule has 1 fully saturated rings. The van der Waals surface area contributed by atoms with Gasteiger partial charge >= 0.3 is 0 Å². The molecule has 0 spiro atoms. The minimum absolute atomic E-state index is 0.120. The van der Waals surface area contributed by atoms with E-state index < -0.39 is 28.5 Å². The van der Waals surface area contributed by atoms with Crippen LogP contribution >= 0.6 is 0 Å². The number of nitrogens with zero attached hydrogens (tertiary/aromatic N) is 2. The Labute approximate surface area is 219 Å². The van der Waals surface area contributed by atoms with Gasteiger partial charge in [-0.3, -0.25) is 13.9 Å². The maximum absolute atomic E-state index is 13.8. The summed E-state index contributed by atoms with van der Waals surface area (Å²) in [5, 5.41) is 4.70. The molecule has 1 atom stereocenters. The van der Waals surface area contributed by atoms with Gasteiger partial charge in [-0.25, -0.2) is 8.42 Å². The lowest BCUT2D eigenvalue weighted by Gasteiger charge is -2.32. The van der Waals surface area contributed by atoms with Gasteiger partial charge in [0.2, 0.25) is 21.8 Å². The number of carbonyl (C=O) groups excluding carboxylic acids is 2. The number of amides is 2. The highest BCUT2D eigenvalue weighted by atomic mass is 32.2. The van der Waals surface area contributed by atoms with Gasteiger partial charge in [0.25, 0.3) is 0 Å². The molecule has 1 unspecified atom stereocenters. The van der Waals surface area contributed by atoms with Crippen molar-refractivity contribution in [3.63, 3.8) is 0 Å². The molecule has 1 aliphatic carbocycles. The Bertz CT molecular complexity index is 1360. The zero-order chi connectivity index (χ0) is 26.6. The molecule has 1 aliphatic rings. The Kier molecular flexibility index (Phi) is 8.17. The van der Waals surface area contributed by atoms with Crippen molar-refractivity contribution in [1.82, 2.24) is 10.2 Å². The molecule has 1 N–H and O–H groups in total. The average Bonchev–Trinajstić information content (AvgIpc) is 3.38. The number of rotatable bonds is 9. The van der Waals surface area contributed by atoms with Gasteiger partial charge in [-0.15, -0.1) is 0 Å². The molecule has 1 saturated carbocycles. The van der Waals surface area contributed by atoms with Crippen LogP contribution in [0.3, 0.4) is 0 Å². The maximum Gasteiger partial charge on any atom is 0.244 e. The van der Waals surface area contributed by atoms with Gasteiger partial charge in [0.1, 0.15) is 12.6 Å². The van der Waals surface area contributed by atoms with E-state index in [0.717, 1.165) is 58.1 Å². The highest BCUT2D eigenvalue weighted by molar-refractivity contribution is 7.92. The smallest absolute Gasteiger partial charge is 0.244 e. The van der Waals surface area contributed by atoms with Gasteiger partial charge in [0, 0.05) is 18.0 Å². The second kappa shape index (κ2) is 11.3. The summed E-state index contributed by atoms with van der Waals surface area (Å²) in [6.45, 7) is 3.49. The summed E-state index contributed by atoms with van der Waals surface area (Å²) in [6, 6.07) is 20.0. The lowest BCUT2D eigenvalue weighted by molar-refractivity contribution is -0.139. The predicted molar refractivity (Wildman–Crippen MR) is 148 cm³/mol. The van der Waals surface area contributed by atoms with Crippen molar-refractivity contribution in [3.8, 4) is 0 Å². The topological polar surface area (TPSA) is 86.8 Å². The number of hydrogen-bond donors (Lipinski definition) is 1. The number of carbonyl (C=O) groups is 2. The molecule has 196 valence electrons. The lowest BCUT2D eigenvalue weighted by Crippen LogP contribution is -2.52. The standard InChI is InChI=1S/C29H35N3O4S/c1-21-15-17-23(18-16-21)19-31(22(2)29(34)30-25-11-5-6-12-25)28(33)20-32(37(3,35)36)27-14-8-10-24-9-4-7-13-26(24)27/h4,7-10,13-18,22,25H,5-6,11-12,19-20H2,1-3H3,(H,30,34). The van der Waals surface area contributed by atoms with Crippen molar-refractivity contribution in [2.45, 2.75) is 58.2 Å². The van der Waals surface area contributed by atoms with Crippen LogP contribution in [-0.2, 0) is 26.2 Å². The molecule has 7 nitrogen and oxygen atoms in total. The van der Waals surface area contributed by atoms with E-state index in [2.05, 4.69) is 5.32 Å². The Hall–Kier alpha value is -3.39. The number of fused-ring (bicyclic) bond motifs is 1. The normalized spacial score (nSPS) is 14.9. The molecule has 0 saturated heterocycles. The predicted octanol–water partition coefficient (Wildman–Crippen LogP) is 4.39. The van der Waals surface area contributed by atoms with Gasteiger partial charge in [-0.1, -0.05) is 79.1 Å². The second-order valence-electron chi connectivity index (χ2n) is 9.94. The van der Waals surface area contributed by atoms with Crippen LogP contribution in [0.4, 0.5) is 5.69 Å². The monoisotopic (exact) mass is 521 g/mol. The average molecular weight is 522 g/mol. The molecule has 4 rings (SSSR count). The van der Waals surface area contributed by atoms with E-state index in [-0.39, 0.29) is 18.5 Å². The third-order valence-electron chi connectivity index (χ3n) is 7.06. The van der Waals surface area contributed by atoms with Crippen LogP contribution in [0, 0.1) is 6.92 Å². The minimum Gasteiger partial charge on any atom is -0.352 e. The van der Waals surface area contributed by atoms with Gasteiger partial charge in [-0.2, -0.15) is 0 Å². The molecule has 0 aromatic heterocycles. The van der Waals surface area contributed by atoms with Crippen molar-refractivity contribution in [2.24, 2.45) is 0 Å². The first-order valence-electron chi connectivity index (χ1n) is 12.7. The molecule has 2 amide bonds. The Balaban J connectivity index is 1.65. The number of nitrogens with one attached hydrogen (secondary N) is 1. The zero-order valence-electron chi connectivity index (χ0n) is 21.7. The third-order valence-corrected chi connectivity index (χ3v) is 8.18. The molecule has 0 aliphatic heterocycles. The van der Waals surface area contributed by atoms with Gasteiger partial charge in [0.05, 0.1) is 11.9 Å². The van der Waals surface area contributed by atoms with E-state index in [1.165, 1.54) is 4.90 Å². The van der Waals surface area contributed by atoms with E-state index in [4.69, 9.17) is 0 Å². The van der Waals surface area contributed by atoms with Crippen LogP contribution in [0.25, 0.3) is 10.8 Å². The summed E-state index contributed by atoms with van der Waals surface area (Å²) in [7, 11) is -3.80. The minimum atomic E-state index is -3.80. The van der Waals surface area contributed by atoms with Crippen LogP contribution in [-0.4, -0.2) is 50.0 Å². The van der Waals surface area contributed by atoms with Crippen LogP contribution in [0.1, 0.15) is 43.7 Å². The quantitative estimate of drug-likeness (QED) is 0.453. The fourth-order valence-corrected chi connectivity index (χ4v) is 5.75. The summed E-state index contributed by atoms with van der Waals surface area (Å²) < 4.78 is 27.0. The van der Waals surface area contributed by atoms with Crippen molar-refractivity contribution in [2.75, 3.05) is 17.1 Å². The number of aryl methyl sites for hydroxylation is 1. The van der Waals surface area contributed by atoms with E-state index in [0.29, 0.717) is 5.69 Å². The third kappa shape index (κ3) is 6.49. The summed E-state index contributed by atoms with van der Waals surface area (Å²) >= 11 is 0. The van der Waals surface area contributed by atoms with Gasteiger partial charge in [0.15, 0.2) is 0 Å². The molecule has 0 bridgehead atoms. The largest absolute Gasteiger partial charge is 0.352 e. The number of anilines is 1. The summed E-state index contributed by atoms with van der Waals surface area (Å²) in [6.07, 6.45) is 5.14. The molecule has 3 aromatic carbocycles. The molecule has 0 heterocycles. The van der Waals surface area contributed by atoms with Crippen molar-refractivity contribution >= 4 is 38.3 Å². The molecule has 3 aromatic rings. The van der Waals surface area contributed by atoms with Crippen LogP contribution < -0.4 is 9.62 Å². The highest BCUT2D eigenvalue weighted by Gasteiger charge is 2.31. The zero-order valence-corrected chi connectivity index (χ0v) is 22.5. The maximum atomic E-state index is 13.8. The Morgan fingerprint density at radius 2 is 1.62 bits per heavy atom. The van der Waals surface area contributed by atoms with E-state index >= 15 is 0 Å². The lowest BCUT2D eigenvalue weighted by atomic mass is 10.1. The summed E-state index contributed by atoms with van der Waals surface area (Å²) in [4.78, 5) is 28.5. The molecular formula is C29H35N3O4S. The van der Waals surface area contributed by atoms with Gasteiger partial charge in [-0.05, 0) is 43.7 Å². The number of benzene rings is 3. The number of hydrogen-bond acceptors (Lipinski definition) is 4. The van der Waals surface area contributed by atoms with Crippen molar-refractivity contribution < 1.29 is 18.0 Å². The molecule has 8 heteroatoms. The Morgan fingerprint density at radius 3 is 2.30 bits per heavy atom. The summed E-state index contributed by atoms with van der Waals surface area (Å²) in [5.74, 6) is -0.656. The summed E-state index contributed by atoms with van der Waals surface area (Å²) in [5.41, 5.74) is 2.40. The van der Waals surface area contributed by atoms with E-state index in [9.17, 15) is 18.0 Å². The molecule has 0 radical (unpaired) electrons. The van der Waals surface area contributed by atoms with Crippen molar-refractivity contribution in [1.29, 1.82) is 0 Å². The van der Waals surface area contributed by atoms with E-state index in [1.807, 2.05) is 61.5 Å². The first-order valence-corrected chi connectivity index (χ1v) is 14.6. The first kappa shape index (κ1) is 26.7. The van der Waals surface area contributed by atoms with Crippen LogP contribution in [0.5, 0.6) is 0 Å². The molecular weight excluding hydrogens is 486 g/mol. The highest BCUT2D eigenvalue weighted by Crippen LogP contribution is 2.29. The number of sulfonamides is 1. The van der Waals surface area contributed by atoms with E-state index in [1.54, 1.807) is 19.1 Å². The fourth-order valence-electron chi connectivity index (χ4n) is 4.89. The van der Waals surface area contributed by atoms with Crippen LogP contribution in [0.2, 0.25) is 0 Å². The van der Waals surface area contributed by atoms with Crippen molar-refractivity contribution in [3.05, 3.63) is 77.9 Å². The Morgan fingerprint density at radius 1 is 0.973 bits per heavy atom. The second-order valence-corrected chi connectivity index (χ2v) is 11.8.